The number of aryl methyl sites for hydroxylation is 1. The van der Waals surface area contributed by atoms with Gasteiger partial charge in [-0.2, -0.15) is 10.4 Å². The van der Waals surface area contributed by atoms with Gasteiger partial charge in [0, 0.05) is 17.1 Å². The molecular formula is C14H11Cl2N3O. The summed E-state index contributed by atoms with van der Waals surface area (Å²) in [5.41, 5.74) is 0.784. The van der Waals surface area contributed by atoms with Crippen LogP contribution in [0.1, 0.15) is 18.9 Å². The van der Waals surface area contributed by atoms with Crippen molar-refractivity contribution in [3.05, 3.63) is 50.2 Å². The van der Waals surface area contributed by atoms with E-state index in [0.717, 1.165) is 6.42 Å². The molecular weight excluding hydrogens is 297 g/mol. The lowest BCUT2D eigenvalue weighted by Crippen LogP contribution is -2.25. The lowest BCUT2D eigenvalue weighted by Gasteiger charge is -2.08. The summed E-state index contributed by atoms with van der Waals surface area (Å²) in [7, 11) is 0. The Balaban J connectivity index is 2.65. The molecule has 0 aliphatic rings. The maximum Gasteiger partial charge on any atom is 0.284 e. The Labute approximate surface area is 126 Å². The maximum atomic E-state index is 11.9. The minimum absolute atomic E-state index is 0.0504. The van der Waals surface area contributed by atoms with Crippen LogP contribution in [-0.4, -0.2) is 9.78 Å². The molecule has 0 unspecified atom stereocenters. The molecule has 1 aromatic carbocycles. The first-order valence-electron chi connectivity index (χ1n) is 6.04. The Hall–Kier alpha value is -1.83. The highest BCUT2D eigenvalue weighted by Crippen LogP contribution is 2.28. The fraction of sp³-hybridized carbons (Fsp3) is 0.214. The van der Waals surface area contributed by atoms with Crippen molar-refractivity contribution in [3.63, 3.8) is 0 Å². The van der Waals surface area contributed by atoms with E-state index in [-0.39, 0.29) is 11.1 Å². The second-order valence-electron chi connectivity index (χ2n) is 4.21. The fourth-order valence-electron chi connectivity index (χ4n) is 1.81. The average molecular weight is 308 g/mol. The number of nitrogens with zero attached hydrogens (tertiary/aromatic N) is 3. The number of benzene rings is 1. The number of halogens is 2. The summed E-state index contributed by atoms with van der Waals surface area (Å²) in [6.07, 6.45) is 0.746. The molecule has 1 aromatic heterocycles. The topological polar surface area (TPSA) is 58.7 Å². The lowest BCUT2D eigenvalue weighted by molar-refractivity contribution is 0.569. The van der Waals surface area contributed by atoms with E-state index < -0.39 is 0 Å². The van der Waals surface area contributed by atoms with Crippen LogP contribution in [0.25, 0.3) is 11.3 Å². The van der Waals surface area contributed by atoms with Crippen LogP contribution in [-0.2, 0) is 6.54 Å². The molecule has 0 N–H and O–H groups in total. The van der Waals surface area contributed by atoms with E-state index in [9.17, 15) is 4.79 Å². The Morgan fingerprint density at radius 3 is 2.70 bits per heavy atom. The lowest BCUT2D eigenvalue weighted by atomic mass is 10.1. The van der Waals surface area contributed by atoms with Crippen molar-refractivity contribution in [3.8, 4) is 17.3 Å². The van der Waals surface area contributed by atoms with Crippen molar-refractivity contribution in [2.75, 3.05) is 0 Å². The van der Waals surface area contributed by atoms with Crippen molar-refractivity contribution in [1.82, 2.24) is 9.78 Å². The first kappa shape index (κ1) is 14.6. The van der Waals surface area contributed by atoms with Gasteiger partial charge < -0.3 is 0 Å². The summed E-state index contributed by atoms with van der Waals surface area (Å²) < 4.78 is 1.29. The number of rotatable bonds is 3. The number of hydrogen-bond donors (Lipinski definition) is 0. The molecule has 2 aromatic rings. The van der Waals surface area contributed by atoms with Gasteiger partial charge in [0.05, 0.1) is 10.7 Å². The van der Waals surface area contributed by atoms with Gasteiger partial charge in [-0.05, 0) is 30.7 Å². The minimum Gasteiger partial charge on any atom is -0.266 e. The van der Waals surface area contributed by atoms with Crippen LogP contribution >= 0.6 is 23.2 Å². The van der Waals surface area contributed by atoms with E-state index in [4.69, 9.17) is 28.5 Å². The van der Waals surface area contributed by atoms with Crippen LogP contribution in [0.4, 0.5) is 0 Å². The molecule has 102 valence electrons. The summed E-state index contributed by atoms with van der Waals surface area (Å²) in [4.78, 5) is 11.9. The second kappa shape index (κ2) is 6.08. The van der Waals surface area contributed by atoms with Crippen molar-refractivity contribution in [1.29, 1.82) is 5.26 Å². The van der Waals surface area contributed by atoms with Gasteiger partial charge in [0.1, 0.15) is 11.6 Å². The van der Waals surface area contributed by atoms with Gasteiger partial charge in [-0.25, -0.2) is 4.68 Å². The third kappa shape index (κ3) is 2.84. The first-order valence-corrected chi connectivity index (χ1v) is 6.80. The molecule has 2 rings (SSSR count). The van der Waals surface area contributed by atoms with Gasteiger partial charge in [0.15, 0.2) is 0 Å². The van der Waals surface area contributed by atoms with E-state index in [1.807, 2.05) is 13.0 Å². The van der Waals surface area contributed by atoms with Crippen LogP contribution in [0, 0.1) is 11.3 Å². The molecule has 0 atom stereocenters. The standard InChI is InChI=1S/C14H11Cl2N3O/c1-2-5-19-14(20)9(8-17)6-13(18-19)11-4-3-10(15)7-12(11)16/h3-4,6-7H,2,5H2,1H3. The van der Waals surface area contributed by atoms with Crippen LogP contribution in [0.5, 0.6) is 0 Å². The Bertz CT molecular complexity index is 747. The Kier molecular flexibility index (Phi) is 4.43. The molecule has 0 bridgehead atoms. The largest absolute Gasteiger partial charge is 0.284 e. The molecule has 0 fully saturated rings. The zero-order valence-corrected chi connectivity index (χ0v) is 12.2. The molecule has 20 heavy (non-hydrogen) atoms. The summed E-state index contributed by atoms with van der Waals surface area (Å²) in [6, 6.07) is 8.34. The van der Waals surface area contributed by atoms with Crippen LogP contribution in [0.15, 0.2) is 29.1 Å². The summed E-state index contributed by atoms with van der Waals surface area (Å²) in [5, 5.41) is 14.2. The average Bonchev–Trinajstić information content (AvgIpc) is 2.41. The zero-order valence-electron chi connectivity index (χ0n) is 10.7. The predicted molar refractivity (Wildman–Crippen MR) is 79.0 cm³/mol. The zero-order chi connectivity index (χ0) is 14.7. The SMILES string of the molecule is CCCn1nc(-c2ccc(Cl)cc2Cl)cc(C#N)c1=O. The molecule has 0 aliphatic heterocycles. The van der Waals surface area contributed by atoms with E-state index >= 15 is 0 Å². The summed E-state index contributed by atoms with van der Waals surface area (Å²) in [5.74, 6) is 0. The number of hydrogen-bond acceptors (Lipinski definition) is 3. The maximum absolute atomic E-state index is 11.9. The van der Waals surface area contributed by atoms with E-state index in [1.54, 1.807) is 18.2 Å². The van der Waals surface area contributed by atoms with Crippen LogP contribution < -0.4 is 5.56 Å². The minimum atomic E-state index is -0.386. The van der Waals surface area contributed by atoms with Gasteiger partial charge in [-0.3, -0.25) is 4.79 Å². The third-order valence-electron chi connectivity index (χ3n) is 2.74. The van der Waals surface area contributed by atoms with Gasteiger partial charge in [0.2, 0.25) is 0 Å². The van der Waals surface area contributed by atoms with Gasteiger partial charge in [-0.15, -0.1) is 0 Å². The Morgan fingerprint density at radius 2 is 2.10 bits per heavy atom. The van der Waals surface area contributed by atoms with Crippen molar-refractivity contribution >= 4 is 23.2 Å². The molecule has 0 spiro atoms. The van der Waals surface area contributed by atoms with E-state index in [0.29, 0.717) is 27.8 Å². The predicted octanol–water partition coefficient (Wildman–Crippen LogP) is 3.50. The number of nitriles is 1. The smallest absolute Gasteiger partial charge is 0.266 e. The highest BCUT2D eigenvalue weighted by atomic mass is 35.5. The monoisotopic (exact) mass is 307 g/mol. The van der Waals surface area contributed by atoms with Crippen molar-refractivity contribution < 1.29 is 0 Å². The highest BCUT2D eigenvalue weighted by Gasteiger charge is 2.12. The number of aromatic nitrogens is 2. The van der Waals surface area contributed by atoms with E-state index in [2.05, 4.69) is 5.10 Å². The molecule has 1 heterocycles. The fourth-order valence-corrected chi connectivity index (χ4v) is 2.32. The van der Waals surface area contributed by atoms with Crippen molar-refractivity contribution in [2.24, 2.45) is 0 Å². The highest BCUT2D eigenvalue weighted by molar-refractivity contribution is 6.36. The molecule has 0 radical (unpaired) electrons. The molecule has 4 nitrogen and oxygen atoms in total. The molecule has 0 saturated heterocycles. The van der Waals surface area contributed by atoms with Gasteiger partial charge in [0.25, 0.3) is 5.56 Å². The molecule has 0 saturated carbocycles. The molecule has 6 heteroatoms. The van der Waals surface area contributed by atoms with Gasteiger partial charge >= 0.3 is 0 Å². The second-order valence-corrected chi connectivity index (χ2v) is 5.05. The van der Waals surface area contributed by atoms with Gasteiger partial charge in [-0.1, -0.05) is 30.1 Å². The third-order valence-corrected chi connectivity index (χ3v) is 3.29. The normalized spacial score (nSPS) is 10.3. The van der Waals surface area contributed by atoms with Crippen LogP contribution in [0.3, 0.4) is 0 Å². The summed E-state index contributed by atoms with van der Waals surface area (Å²) in [6.45, 7) is 2.38. The van der Waals surface area contributed by atoms with Crippen LogP contribution in [0.2, 0.25) is 10.0 Å². The van der Waals surface area contributed by atoms with Crippen molar-refractivity contribution in [2.45, 2.75) is 19.9 Å². The molecule has 0 aliphatic carbocycles. The Morgan fingerprint density at radius 1 is 1.35 bits per heavy atom. The van der Waals surface area contributed by atoms with E-state index in [1.165, 1.54) is 10.7 Å². The quantitative estimate of drug-likeness (QED) is 0.872. The first-order chi connectivity index (χ1) is 9.56. The molecule has 0 amide bonds. The summed E-state index contributed by atoms with van der Waals surface area (Å²) >= 11 is 12.0.